The van der Waals surface area contributed by atoms with Crippen LogP contribution in [0.25, 0.3) is 112 Å². The third-order valence-electron chi connectivity index (χ3n) is 10.4. The van der Waals surface area contributed by atoms with Gasteiger partial charge in [0.15, 0.2) is 11.6 Å². The molecule has 0 fully saturated rings. The molecule has 4 heterocycles. The van der Waals surface area contributed by atoms with Crippen LogP contribution in [0.3, 0.4) is 0 Å². The van der Waals surface area contributed by atoms with Gasteiger partial charge in [-0.2, -0.15) is 9.97 Å². The number of aromatic nitrogens is 4. The fourth-order valence-corrected chi connectivity index (χ4v) is 7.68. The van der Waals surface area contributed by atoms with Gasteiger partial charge in [0.1, 0.15) is 11.2 Å². The molecular formula is C50H30N4O2. The highest BCUT2D eigenvalue weighted by Gasteiger charge is 2.23. The molecule has 11 rings (SSSR count). The zero-order valence-corrected chi connectivity index (χ0v) is 29.9. The Morgan fingerprint density at radius 2 is 0.625 bits per heavy atom. The molecule has 0 atom stereocenters. The smallest absolute Gasteiger partial charge is 0.231 e. The van der Waals surface area contributed by atoms with Crippen LogP contribution >= 0.6 is 0 Å². The van der Waals surface area contributed by atoms with Crippen LogP contribution in [0.15, 0.2) is 191 Å². The van der Waals surface area contributed by atoms with Gasteiger partial charge in [0, 0.05) is 33.0 Å². The Balaban J connectivity index is 1.10. The van der Waals surface area contributed by atoms with E-state index < -0.39 is 0 Å². The van der Waals surface area contributed by atoms with Crippen LogP contribution in [0.2, 0.25) is 0 Å². The number of benzene rings is 7. The van der Waals surface area contributed by atoms with Crippen LogP contribution < -0.4 is 0 Å². The normalized spacial score (nSPS) is 11.6. The minimum atomic E-state index is 0.511. The van der Waals surface area contributed by atoms with Crippen molar-refractivity contribution in [3.8, 4) is 67.5 Å². The molecule has 0 bridgehead atoms. The third kappa shape index (κ3) is 5.35. The predicted octanol–water partition coefficient (Wildman–Crippen LogP) is 13.1. The molecule has 0 saturated heterocycles. The Hall–Kier alpha value is -7.70. The van der Waals surface area contributed by atoms with Crippen molar-refractivity contribution in [2.45, 2.75) is 0 Å². The van der Waals surface area contributed by atoms with E-state index in [9.17, 15) is 0 Å². The molecule has 0 aliphatic carbocycles. The molecule has 0 aliphatic rings. The van der Waals surface area contributed by atoms with Crippen LogP contribution in [-0.2, 0) is 0 Å². The Morgan fingerprint density at radius 3 is 1.05 bits per heavy atom. The van der Waals surface area contributed by atoms with Crippen molar-refractivity contribution in [1.29, 1.82) is 0 Å². The molecule has 4 aromatic heterocycles. The van der Waals surface area contributed by atoms with Crippen LogP contribution in [0.5, 0.6) is 0 Å². The van der Waals surface area contributed by atoms with Gasteiger partial charge < -0.3 is 8.83 Å². The van der Waals surface area contributed by atoms with Gasteiger partial charge in [-0.15, -0.1) is 0 Å². The van der Waals surface area contributed by atoms with E-state index in [2.05, 4.69) is 109 Å². The SMILES string of the molecule is c1ccc(-c2ccc(-c3nc(-c4ccccc4-c4nc(-c5ccc(-c6ccccc6)cc5)c5c(n4)oc4ccccc45)nc4oc5ccccc5c34)cc2)cc1. The van der Waals surface area contributed by atoms with Gasteiger partial charge >= 0.3 is 0 Å². The summed E-state index contributed by atoms with van der Waals surface area (Å²) in [5.41, 5.74) is 12.2. The lowest BCUT2D eigenvalue weighted by Crippen LogP contribution is -1.99. The minimum absolute atomic E-state index is 0.511. The van der Waals surface area contributed by atoms with Crippen LogP contribution in [0, 0.1) is 0 Å². The lowest BCUT2D eigenvalue weighted by molar-refractivity contribution is 0.653. The van der Waals surface area contributed by atoms with Gasteiger partial charge in [-0.3, -0.25) is 0 Å². The van der Waals surface area contributed by atoms with E-state index in [4.69, 9.17) is 28.8 Å². The maximum atomic E-state index is 6.43. The standard InChI is InChI=1S/C50H30N4O2/c1-3-13-31(14-4-1)33-23-27-35(28-24-33)45-43-39-19-9-11-21-41(39)55-49(43)53-47(51-45)37-17-7-8-18-38(37)48-52-46(44-40-20-10-12-22-42(40)56-50(44)54-48)36-29-25-34(26-30-36)32-15-5-2-6-16-32/h1-30H. The minimum Gasteiger partial charge on any atom is -0.438 e. The lowest BCUT2D eigenvalue weighted by Gasteiger charge is -2.12. The van der Waals surface area contributed by atoms with E-state index in [0.29, 0.717) is 23.1 Å². The number of hydrogen-bond acceptors (Lipinski definition) is 6. The first-order valence-electron chi connectivity index (χ1n) is 18.6. The first kappa shape index (κ1) is 31.8. The number of nitrogens with zero attached hydrogens (tertiary/aromatic N) is 4. The highest BCUT2D eigenvalue weighted by Crippen LogP contribution is 2.41. The van der Waals surface area contributed by atoms with Gasteiger partial charge in [0.2, 0.25) is 11.4 Å². The molecule has 56 heavy (non-hydrogen) atoms. The molecule has 11 aromatic rings. The number of furan rings is 2. The highest BCUT2D eigenvalue weighted by atomic mass is 16.3. The average molecular weight is 719 g/mol. The summed E-state index contributed by atoms with van der Waals surface area (Å²) < 4.78 is 12.9. The molecule has 0 saturated carbocycles. The molecule has 6 nitrogen and oxygen atoms in total. The van der Waals surface area contributed by atoms with Crippen LogP contribution in [-0.4, -0.2) is 19.9 Å². The summed E-state index contributed by atoms with van der Waals surface area (Å²) >= 11 is 0. The number of hydrogen-bond donors (Lipinski definition) is 0. The molecule has 6 heteroatoms. The summed E-state index contributed by atoms with van der Waals surface area (Å²) in [5, 5.41) is 3.67. The van der Waals surface area contributed by atoms with Gasteiger partial charge in [-0.1, -0.05) is 170 Å². The molecule has 0 unspecified atom stereocenters. The second-order valence-corrected chi connectivity index (χ2v) is 13.8. The summed E-state index contributed by atoms with van der Waals surface area (Å²) in [6.45, 7) is 0. The Morgan fingerprint density at radius 1 is 0.286 bits per heavy atom. The van der Waals surface area contributed by atoms with Crippen molar-refractivity contribution in [3.63, 3.8) is 0 Å². The number of para-hydroxylation sites is 2. The average Bonchev–Trinajstić information content (AvgIpc) is 3.85. The zero-order chi connectivity index (χ0) is 37.0. The molecule has 0 N–H and O–H groups in total. The predicted molar refractivity (Wildman–Crippen MR) is 225 cm³/mol. The summed E-state index contributed by atoms with van der Waals surface area (Å²) in [7, 11) is 0. The number of fused-ring (bicyclic) bond motifs is 6. The molecular weight excluding hydrogens is 689 g/mol. The van der Waals surface area contributed by atoms with E-state index >= 15 is 0 Å². The topological polar surface area (TPSA) is 77.8 Å². The fraction of sp³-hybridized carbons (Fsp3) is 0. The van der Waals surface area contributed by atoms with E-state index in [1.165, 1.54) is 0 Å². The van der Waals surface area contributed by atoms with Crippen molar-refractivity contribution in [1.82, 2.24) is 19.9 Å². The highest BCUT2D eigenvalue weighted by molar-refractivity contribution is 6.12. The van der Waals surface area contributed by atoms with E-state index in [1.807, 2.05) is 72.8 Å². The van der Waals surface area contributed by atoms with Gasteiger partial charge in [0.25, 0.3) is 0 Å². The maximum absolute atomic E-state index is 6.43. The van der Waals surface area contributed by atoms with E-state index in [1.54, 1.807) is 0 Å². The molecule has 0 aliphatic heterocycles. The Labute approximate surface area is 321 Å². The van der Waals surface area contributed by atoms with Crippen molar-refractivity contribution >= 4 is 44.1 Å². The van der Waals surface area contributed by atoms with Gasteiger partial charge in [-0.25, -0.2) is 9.97 Å². The van der Waals surface area contributed by atoms with Crippen molar-refractivity contribution in [2.75, 3.05) is 0 Å². The largest absolute Gasteiger partial charge is 0.438 e. The molecule has 0 spiro atoms. The molecule has 0 amide bonds. The van der Waals surface area contributed by atoms with Crippen LogP contribution in [0.4, 0.5) is 0 Å². The fourth-order valence-electron chi connectivity index (χ4n) is 7.68. The second-order valence-electron chi connectivity index (χ2n) is 13.8. The van der Waals surface area contributed by atoms with Crippen molar-refractivity contribution in [3.05, 3.63) is 182 Å². The Kier molecular flexibility index (Phi) is 7.38. The summed E-state index contributed by atoms with van der Waals surface area (Å²) in [6, 6.07) is 61.8. The first-order valence-corrected chi connectivity index (χ1v) is 18.6. The lowest BCUT2D eigenvalue weighted by atomic mass is 10.00. The van der Waals surface area contributed by atoms with Crippen molar-refractivity contribution < 1.29 is 8.83 Å². The molecule has 7 aromatic carbocycles. The van der Waals surface area contributed by atoms with E-state index in [-0.39, 0.29) is 0 Å². The Bertz CT molecular complexity index is 3000. The van der Waals surface area contributed by atoms with Crippen LogP contribution in [0.1, 0.15) is 0 Å². The van der Waals surface area contributed by atoms with Gasteiger partial charge in [-0.05, 0) is 34.4 Å². The quantitative estimate of drug-likeness (QED) is 0.170. The van der Waals surface area contributed by atoms with Crippen molar-refractivity contribution in [2.24, 2.45) is 0 Å². The monoisotopic (exact) mass is 718 g/mol. The van der Waals surface area contributed by atoms with Gasteiger partial charge in [0.05, 0.1) is 22.2 Å². The molecule has 262 valence electrons. The first-order chi connectivity index (χ1) is 27.7. The summed E-state index contributed by atoms with van der Waals surface area (Å²) in [4.78, 5) is 20.8. The third-order valence-corrected chi connectivity index (χ3v) is 10.4. The molecule has 0 radical (unpaired) electrons. The number of rotatable bonds is 6. The maximum Gasteiger partial charge on any atom is 0.231 e. The van der Waals surface area contributed by atoms with E-state index in [0.717, 1.165) is 88.6 Å². The second kappa shape index (κ2) is 13.0. The summed E-state index contributed by atoms with van der Waals surface area (Å²) in [5.74, 6) is 1.02. The summed E-state index contributed by atoms with van der Waals surface area (Å²) in [6.07, 6.45) is 0. The zero-order valence-electron chi connectivity index (χ0n) is 29.9.